The summed E-state index contributed by atoms with van der Waals surface area (Å²) >= 11 is 0. The lowest BCUT2D eigenvalue weighted by Crippen LogP contribution is -2.51. The maximum Gasteiger partial charge on any atom is 0.407 e. The first kappa shape index (κ1) is 35.9. The highest BCUT2D eigenvalue weighted by Crippen LogP contribution is 2.33. The third-order valence-electron chi connectivity index (χ3n) is 9.70. The molecular weight excluding hydrogens is 666 g/mol. The van der Waals surface area contributed by atoms with Gasteiger partial charge in [-0.15, -0.1) is 0 Å². The number of imidazole rings is 1. The Balaban J connectivity index is 1.10. The highest BCUT2D eigenvalue weighted by Gasteiger charge is 2.37. The van der Waals surface area contributed by atoms with E-state index in [1.807, 2.05) is 30.3 Å². The molecule has 2 saturated heterocycles. The highest BCUT2D eigenvalue weighted by molar-refractivity contribution is 5.99. The molecule has 0 saturated carbocycles. The second kappa shape index (κ2) is 15.5. The molecule has 0 spiro atoms. The third-order valence-corrected chi connectivity index (χ3v) is 9.70. The van der Waals surface area contributed by atoms with Gasteiger partial charge in [0.1, 0.15) is 23.9 Å². The van der Waals surface area contributed by atoms with Crippen LogP contribution in [0.3, 0.4) is 0 Å². The van der Waals surface area contributed by atoms with Crippen molar-refractivity contribution in [3.8, 4) is 22.4 Å². The number of carbonyl (C=O) groups excluding carboxylic acids is 5. The number of hydrogen-bond donors (Lipinski definition) is 4. The monoisotopic (exact) mass is 709 g/mol. The van der Waals surface area contributed by atoms with Gasteiger partial charge in [0, 0.05) is 24.3 Å². The van der Waals surface area contributed by atoms with Gasteiger partial charge in [-0.1, -0.05) is 36.4 Å². The zero-order chi connectivity index (χ0) is 36.9. The van der Waals surface area contributed by atoms with E-state index in [-0.39, 0.29) is 23.8 Å². The van der Waals surface area contributed by atoms with Gasteiger partial charge in [0.2, 0.25) is 17.7 Å². The molecule has 14 nitrogen and oxygen atoms in total. The molecule has 0 radical (unpaired) electrons. The van der Waals surface area contributed by atoms with Crippen LogP contribution in [-0.4, -0.2) is 95.1 Å². The standard InChI is InChI=1S/C38H43N7O7/c1-22(40-37(49)51-3)35(47)44-17-5-7-31(44)33-39-21-30(43-33)28-12-11-26-19-25(9-10-27(26)20-28)24-13-15-29(16-14-24)42-34(46)32-8-6-18-45(32)36(48)23(2)41-38(50)52-4/h9-16,19-23,31-32H,5-8,17-18H2,1-4H3,(H,39,43)(H,40,49)(H,41,50)(H,42,46). The highest BCUT2D eigenvalue weighted by atomic mass is 16.5. The SMILES string of the molecule is COC(=O)NC(C)C(=O)N1CCCC1C(=O)Nc1ccc(-c2ccc3cc(-c4cnc(C5CCCN5C(=O)C(C)NC(=O)OC)[nH]4)ccc3c2)cc1. The van der Waals surface area contributed by atoms with Gasteiger partial charge in [-0.05, 0) is 85.7 Å². The number of nitrogens with zero attached hydrogens (tertiary/aromatic N) is 3. The number of nitrogens with one attached hydrogen (secondary N) is 4. The number of likely N-dealkylation sites (tertiary alicyclic amines) is 2. The van der Waals surface area contributed by atoms with Crippen LogP contribution in [0.5, 0.6) is 0 Å². The third kappa shape index (κ3) is 7.70. The van der Waals surface area contributed by atoms with Gasteiger partial charge in [0.15, 0.2) is 0 Å². The Morgan fingerprint density at radius 2 is 1.31 bits per heavy atom. The zero-order valence-electron chi connectivity index (χ0n) is 29.6. The van der Waals surface area contributed by atoms with Crippen LogP contribution in [0.1, 0.15) is 51.4 Å². The summed E-state index contributed by atoms with van der Waals surface area (Å²) in [4.78, 5) is 73.7. The van der Waals surface area contributed by atoms with E-state index >= 15 is 0 Å². The van der Waals surface area contributed by atoms with E-state index in [2.05, 4.69) is 65.7 Å². The molecule has 4 atom stereocenters. The minimum Gasteiger partial charge on any atom is -0.453 e. The number of benzene rings is 3. The first-order chi connectivity index (χ1) is 25.1. The molecule has 52 heavy (non-hydrogen) atoms. The summed E-state index contributed by atoms with van der Waals surface area (Å²) in [6.07, 6.45) is 3.28. The number of alkyl carbamates (subject to hydrolysis) is 2. The van der Waals surface area contributed by atoms with Crippen molar-refractivity contribution in [3.05, 3.63) is 72.7 Å². The summed E-state index contributed by atoms with van der Waals surface area (Å²) in [6, 6.07) is 17.6. The molecule has 3 heterocycles. The molecular formula is C38H43N7O7. The lowest BCUT2D eigenvalue weighted by molar-refractivity contribution is -0.138. The number of anilines is 1. The van der Waals surface area contributed by atoms with Crippen molar-refractivity contribution in [2.75, 3.05) is 32.6 Å². The molecule has 4 N–H and O–H groups in total. The summed E-state index contributed by atoms with van der Waals surface area (Å²) in [5, 5.41) is 10.1. The number of ether oxygens (including phenoxy) is 2. The molecule has 0 aliphatic carbocycles. The minimum absolute atomic E-state index is 0.182. The summed E-state index contributed by atoms with van der Waals surface area (Å²) in [7, 11) is 2.49. The molecule has 4 unspecified atom stereocenters. The van der Waals surface area contributed by atoms with E-state index in [9.17, 15) is 24.0 Å². The van der Waals surface area contributed by atoms with Crippen molar-refractivity contribution in [3.63, 3.8) is 0 Å². The Bertz CT molecular complexity index is 1980. The number of carbonyl (C=O) groups is 5. The van der Waals surface area contributed by atoms with E-state index in [1.54, 1.807) is 24.9 Å². The van der Waals surface area contributed by atoms with Crippen LogP contribution in [0.4, 0.5) is 15.3 Å². The number of hydrogen-bond acceptors (Lipinski definition) is 8. The van der Waals surface area contributed by atoms with Gasteiger partial charge < -0.3 is 40.2 Å². The summed E-state index contributed by atoms with van der Waals surface area (Å²) < 4.78 is 9.23. The molecule has 14 heteroatoms. The van der Waals surface area contributed by atoms with Crippen molar-refractivity contribution in [2.45, 2.75) is 63.7 Å². The minimum atomic E-state index is -0.812. The zero-order valence-corrected chi connectivity index (χ0v) is 29.6. The van der Waals surface area contributed by atoms with Gasteiger partial charge in [-0.25, -0.2) is 14.6 Å². The molecule has 2 aliphatic rings. The fourth-order valence-corrected chi connectivity index (χ4v) is 6.93. The van der Waals surface area contributed by atoms with Crippen LogP contribution in [0, 0.1) is 0 Å². The average molecular weight is 710 g/mol. The van der Waals surface area contributed by atoms with Crippen molar-refractivity contribution in [2.24, 2.45) is 0 Å². The van der Waals surface area contributed by atoms with Crippen molar-refractivity contribution < 1.29 is 33.4 Å². The summed E-state index contributed by atoms with van der Waals surface area (Å²) in [5.41, 5.74) is 4.43. The van der Waals surface area contributed by atoms with Crippen molar-refractivity contribution >= 4 is 46.4 Å². The van der Waals surface area contributed by atoms with Crippen LogP contribution in [0.15, 0.2) is 66.9 Å². The fraction of sp³-hybridized carbons (Fsp3) is 0.368. The maximum atomic E-state index is 13.2. The number of fused-ring (bicyclic) bond motifs is 1. The molecule has 5 amide bonds. The molecule has 0 bridgehead atoms. The van der Waals surface area contributed by atoms with E-state index in [0.29, 0.717) is 37.4 Å². The number of methoxy groups -OCH3 is 2. The van der Waals surface area contributed by atoms with E-state index < -0.39 is 30.3 Å². The Morgan fingerprint density at radius 1 is 0.750 bits per heavy atom. The second-order valence-corrected chi connectivity index (χ2v) is 13.1. The predicted octanol–water partition coefficient (Wildman–Crippen LogP) is 4.98. The van der Waals surface area contributed by atoms with Crippen molar-refractivity contribution in [1.82, 2.24) is 30.4 Å². The number of aromatic nitrogens is 2. The lowest BCUT2D eigenvalue weighted by atomic mass is 9.99. The molecule has 2 fully saturated rings. The Kier molecular flexibility index (Phi) is 10.7. The smallest absolute Gasteiger partial charge is 0.407 e. The maximum absolute atomic E-state index is 13.2. The van der Waals surface area contributed by atoms with Gasteiger partial charge in [-0.2, -0.15) is 0 Å². The fourth-order valence-electron chi connectivity index (χ4n) is 6.93. The number of aromatic amines is 1. The van der Waals surface area contributed by atoms with Crippen LogP contribution < -0.4 is 16.0 Å². The largest absolute Gasteiger partial charge is 0.453 e. The number of rotatable bonds is 9. The molecule has 272 valence electrons. The normalized spacial score (nSPS) is 18.1. The van der Waals surface area contributed by atoms with E-state index in [4.69, 9.17) is 0 Å². The van der Waals surface area contributed by atoms with Crippen LogP contribution in [0.2, 0.25) is 0 Å². The number of amides is 5. The molecule has 4 aromatic rings. The predicted molar refractivity (Wildman–Crippen MR) is 194 cm³/mol. The summed E-state index contributed by atoms with van der Waals surface area (Å²) in [5.74, 6) is -0.0791. The average Bonchev–Trinajstić information content (AvgIpc) is 3.95. The first-order valence-electron chi connectivity index (χ1n) is 17.4. The quantitative estimate of drug-likeness (QED) is 0.188. The van der Waals surface area contributed by atoms with Gasteiger partial charge in [0.05, 0.1) is 32.2 Å². The second-order valence-electron chi connectivity index (χ2n) is 13.1. The molecule has 2 aliphatic heterocycles. The molecule has 3 aromatic carbocycles. The van der Waals surface area contributed by atoms with Crippen LogP contribution in [0.25, 0.3) is 33.2 Å². The number of H-pyrrole nitrogens is 1. The van der Waals surface area contributed by atoms with E-state index in [1.165, 1.54) is 19.1 Å². The topological polar surface area (TPSA) is 175 Å². The Hall–Kier alpha value is -5.92. The van der Waals surface area contributed by atoms with Crippen LogP contribution in [-0.2, 0) is 23.9 Å². The molecule has 6 rings (SSSR count). The Labute approximate surface area is 301 Å². The van der Waals surface area contributed by atoms with E-state index in [0.717, 1.165) is 46.0 Å². The van der Waals surface area contributed by atoms with Gasteiger partial charge in [-0.3, -0.25) is 14.4 Å². The van der Waals surface area contributed by atoms with Gasteiger partial charge in [0.25, 0.3) is 0 Å². The first-order valence-corrected chi connectivity index (χ1v) is 17.4. The van der Waals surface area contributed by atoms with Crippen molar-refractivity contribution in [1.29, 1.82) is 0 Å². The molecule has 1 aromatic heterocycles. The van der Waals surface area contributed by atoms with Gasteiger partial charge >= 0.3 is 12.2 Å². The summed E-state index contributed by atoms with van der Waals surface area (Å²) in [6.45, 7) is 4.24. The van der Waals surface area contributed by atoms with Crippen LogP contribution >= 0.6 is 0 Å². The Morgan fingerprint density at radius 3 is 1.96 bits per heavy atom. The lowest BCUT2D eigenvalue weighted by Gasteiger charge is -2.27.